The summed E-state index contributed by atoms with van der Waals surface area (Å²) in [4.78, 5) is 36.4. The van der Waals surface area contributed by atoms with Crippen LogP contribution in [0.5, 0.6) is 0 Å². The molecule has 0 spiro atoms. The van der Waals surface area contributed by atoms with Crippen LogP contribution < -0.4 is 0 Å². The first kappa shape index (κ1) is 29.9. The summed E-state index contributed by atoms with van der Waals surface area (Å²) < 4.78 is 0. The van der Waals surface area contributed by atoms with E-state index in [-0.39, 0.29) is 106 Å². The van der Waals surface area contributed by atoms with Gasteiger partial charge in [-0.15, -0.1) is 0 Å². The van der Waals surface area contributed by atoms with Crippen molar-refractivity contribution in [2.75, 3.05) is 0 Å². The second kappa shape index (κ2) is 17.7. The second-order valence-corrected chi connectivity index (χ2v) is 1.22. The Bertz CT molecular complexity index is 181. The average molecular weight is 445 g/mol. The molecule has 0 aromatic rings. The van der Waals surface area contributed by atoms with Gasteiger partial charge in [-0.05, 0) is 0 Å². The molecule has 15 heavy (non-hydrogen) atoms. The third kappa shape index (κ3) is 31.3. The molecule has 0 heterocycles. The summed E-state index contributed by atoms with van der Waals surface area (Å²) in [6, 6.07) is 0. The molecule has 0 aliphatic rings. The van der Waals surface area contributed by atoms with Gasteiger partial charge in [-0.25, -0.2) is 19.2 Å². The van der Waals surface area contributed by atoms with Gasteiger partial charge in [0.25, 0.3) is 0 Å². The van der Waals surface area contributed by atoms with Gasteiger partial charge in [0.1, 0.15) is 0 Å². The van der Waals surface area contributed by atoms with Crippen molar-refractivity contribution in [3.05, 3.63) is 0 Å². The molecule has 0 bridgehead atoms. The second-order valence-electron chi connectivity index (χ2n) is 1.22. The van der Waals surface area contributed by atoms with Crippen molar-refractivity contribution < 1.29 is 94.2 Å². The normalized spacial score (nSPS) is 5.87. The summed E-state index contributed by atoms with van der Waals surface area (Å²) in [6.45, 7) is 0. The standard InChI is InChI=1S/2C2H2O4.2Cd.K.H/c2*3-1(4)2(5)6;;;;/h2*(H,3,4)(H,5,6);;;;. The summed E-state index contributed by atoms with van der Waals surface area (Å²) >= 11 is 0. The Labute approximate surface area is 166 Å². The van der Waals surface area contributed by atoms with Crippen LogP contribution in [-0.2, 0) is 73.8 Å². The van der Waals surface area contributed by atoms with Crippen LogP contribution in [0.1, 0.15) is 0 Å². The number of carboxylic acid groups (broad SMARTS) is 4. The van der Waals surface area contributed by atoms with Crippen molar-refractivity contribution in [2.45, 2.75) is 0 Å². The van der Waals surface area contributed by atoms with Crippen molar-refractivity contribution >= 4 is 75.3 Å². The number of rotatable bonds is 0. The molecule has 0 aromatic heterocycles. The van der Waals surface area contributed by atoms with Gasteiger partial charge in [-0.1, -0.05) is 0 Å². The van der Waals surface area contributed by atoms with Crippen LogP contribution in [0.3, 0.4) is 0 Å². The fraction of sp³-hybridized carbons (Fsp3) is 0. The number of carboxylic acids is 4. The third-order valence-electron chi connectivity index (χ3n) is 0.366. The van der Waals surface area contributed by atoms with Crippen LogP contribution in [-0.4, -0.2) is 95.7 Å². The fourth-order valence-corrected chi connectivity index (χ4v) is 0. The average Bonchev–Trinajstić information content (AvgIpc) is 1.88. The van der Waals surface area contributed by atoms with E-state index in [9.17, 15) is 0 Å². The monoisotopic (exact) mass is 448 g/mol. The van der Waals surface area contributed by atoms with E-state index < -0.39 is 23.9 Å². The zero-order chi connectivity index (χ0) is 10.3. The molecule has 0 aliphatic heterocycles. The molecular formula is C4H5Cd2KO8. The van der Waals surface area contributed by atoms with E-state index in [2.05, 4.69) is 0 Å². The molecule has 4 N–H and O–H groups in total. The Balaban J connectivity index is -0.0000000370. The SMILES string of the molecule is O=C(O)C(=O)O.O=C(O)C(=O)O.[Cd].[Cd].[KH]. The van der Waals surface area contributed by atoms with Crippen molar-refractivity contribution in [3.63, 3.8) is 0 Å². The van der Waals surface area contributed by atoms with Crippen molar-refractivity contribution in [1.82, 2.24) is 0 Å². The Kier molecular flexibility index (Phi) is 35.4. The Morgan fingerprint density at radius 2 is 0.600 bits per heavy atom. The summed E-state index contributed by atoms with van der Waals surface area (Å²) in [5, 5.41) is 29.6. The van der Waals surface area contributed by atoms with Crippen molar-refractivity contribution in [3.8, 4) is 0 Å². The first-order valence-corrected chi connectivity index (χ1v) is 2.21. The van der Waals surface area contributed by atoms with Gasteiger partial charge in [-0.3, -0.25) is 0 Å². The minimum atomic E-state index is -1.82. The number of hydrogen-bond donors (Lipinski definition) is 4. The van der Waals surface area contributed by atoms with Gasteiger partial charge >= 0.3 is 75.3 Å². The summed E-state index contributed by atoms with van der Waals surface area (Å²) in [6.07, 6.45) is 0. The molecule has 0 rings (SSSR count). The molecule has 11 heteroatoms. The Hall–Kier alpha value is 1.36. The topological polar surface area (TPSA) is 149 Å². The van der Waals surface area contributed by atoms with E-state index in [0.717, 1.165) is 0 Å². The quantitative estimate of drug-likeness (QED) is 0.240. The number of carbonyl (C=O) groups is 4. The maximum absolute atomic E-state index is 9.10. The zero-order valence-electron chi connectivity index (χ0n) is 6.84. The summed E-state index contributed by atoms with van der Waals surface area (Å²) in [5.41, 5.74) is 0. The Morgan fingerprint density at radius 1 is 0.533 bits per heavy atom. The molecule has 0 saturated carbocycles. The van der Waals surface area contributed by atoms with Gasteiger partial charge in [0.15, 0.2) is 0 Å². The molecule has 0 aliphatic carbocycles. The van der Waals surface area contributed by atoms with E-state index in [1.54, 1.807) is 0 Å². The number of hydrogen-bond acceptors (Lipinski definition) is 4. The van der Waals surface area contributed by atoms with E-state index in [0.29, 0.717) is 0 Å². The fourth-order valence-electron chi connectivity index (χ4n) is 0. The summed E-state index contributed by atoms with van der Waals surface area (Å²) in [5.74, 6) is -7.30. The predicted molar refractivity (Wildman–Crippen MR) is 37.7 cm³/mol. The minimum absolute atomic E-state index is 0. The zero-order valence-corrected chi connectivity index (χ0v) is 14.9. The third-order valence-corrected chi connectivity index (χ3v) is 0.366. The van der Waals surface area contributed by atoms with Gasteiger partial charge < -0.3 is 20.4 Å². The van der Waals surface area contributed by atoms with E-state index in [1.165, 1.54) is 0 Å². The molecule has 0 fully saturated rings. The molecule has 0 aromatic carbocycles. The first-order chi connectivity index (χ1) is 5.29. The van der Waals surface area contributed by atoms with Crippen LogP contribution in [0.2, 0.25) is 0 Å². The van der Waals surface area contributed by atoms with Crippen LogP contribution in [0.4, 0.5) is 0 Å². The Morgan fingerprint density at radius 3 is 0.600 bits per heavy atom. The molecule has 0 amide bonds. The van der Waals surface area contributed by atoms with Crippen LogP contribution in [0.25, 0.3) is 0 Å². The van der Waals surface area contributed by atoms with Gasteiger partial charge in [0.2, 0.25) is 0 Å². The molecule has 0 saturated heterocycles. The van der Waals surface area contributed by atoms with Gasteiger partial charge in [0.05, 0.1) is 0 Å². The molecule has 0 atom stereocenters. The molecule has 8 nitrogen and oxygen atoms in total. The van der Waals surface area contributed by atoms with E-state index in [4.69, 9.17) is 39.6 Å². The predicted octanol–water partition coefficient (Wildman–Crippen LogP) is -2.34. The molecule has 74 valence electrons. The van der Waals surface area contributed by atoms with Crippen molar-refractivity contribution in [1.29, 1.82) is 0 Å². The van der Waals surface area contributed by atoms with Gasteiger partial charge in [-0.2, -0.15) is 0 Å². The maximum atomic E-state index is 9.10. The van der Waals surface area contributed by atoms with Crippen LogP contribution in [0.15, 0.2) is 0 Å². The van der Waals surface area contributed by atoms with E-state index >= 15 is 0 Å². The molecule has 0 radical (unpaired) electrons. The first-order valence-electron chi connectivity index (χ1n) is 2.21. The van der Waals surface area contributed by atoms with E-state index in [1.807, 2.05) is 0 Å². The molecular weight excluding hydrogens is 440 g/mol. The van der Waals surface area contributed by atoms with Gasteiger partial charge in [0, 0.05) is 54.6 Å². The number of aliphatic carboxylic acids is 4. The summed E-state index contributed by atoms with van der Waals surface area (Å²) in [7, 11) is 0. The molecule has 0 unspecified atom stereocenters. The van der Waals surface area contributed by atoms with Crippen LogP contribution >= 0.6 is 0 Å². The van der Waals surface area contributed by atoms with Crippen molar-refractivity contribution in [2.24, 2.45) is 0 Å². The van der Waals surface area contributed by atoms with Crippen LogP contribution in [0, 0.1) is 0 Å².